The first kappa shape index (κ1) is 6.05. The van der Waals surface area contributed by atoms with Gasteiger partial charge >= 0.3 is 0 Å². The molecule has 0 unspecified atom stereocenters. The van der Waals surface area contributed by atoms with Crippen LogP contribution in [0.3, 0.4) is 0 Å². The molecule has 0 bridgehead atoms. The molecule has 0 aromatic rings. The quantitative estimate of drug-likeness (QED) is 0.542. The molecule has 1 heterocycles. The van der Waals surface area contributed by atoms with Crippen LogP contribution in [0.5, 0.6) is 0 Å². The lowest BCUT2D eigenvalue weighted by molar-refractivity contribution is -0.0236. The largest absolute Gasteiger partial charge is 0.393 e. The second-order valence-electron chi connectivity index (χ2n) is 2.56. The van der Waals surface area contributed by atoms with E-state index in [0.717, 1.165) is 19.4 Å². The molecule has 48 valence electrons. The highest BCUT2D eigenvalue weighted by atomic mass is 16.5. The molecule has 1 fully saturated rings. The highest BCUT2D eigenvalue weighted by Gasteiger charge is 2.28. The fraction of sp³-hybridized carbons (Fsp3) is 1.00. The fourth-order valence-corrected chi connectivity index (χ4v) is 0.962. The zero-order chi connectivity index (χ0) is 6.04. The Labute approximate surface area is 49.5 Å². The molecule has 0 radical (unpaired) electrons. The highest BCUT2D eigenvalue weighted by molar-refractivity contribution is 4.78. The van der Waals surface area contributed by atoms with Crippen molar-refractivity contribution < 1.29 is 9.84 Å². The van der Waals surface area contributed by atoms with Crippen molar-refractivity contribution in [3.05, 3.63) is 0 Å². The van der Waals surface area contributed by atoms with E-state index in [1.807, 2.05) is 6.92 Å². The number of hydrogen-bond donors (Lipinski definition) is 1. The molecule has 0 aliphatic carbocycles. The third kappa shape index (κ3) is 1.01. The lowest BCUT2D eigenvalue weighted by Crippen LogP contribution is -2.27. The predicted octanol–water partition coefficient (Wildman–Crippen LogP) is 0.548. The highest BCUT2D eigenvalue weighted by Crippen LogP contribution is 2.23. The summed E-state index contributed by atoms with van der Waals surface area (Å²) in [4.78, 5) is 0. The molecular weight excluding hydrogens is 104 g/mol. The van der Waals surface area contributed by atoms with Crippen molar-refractivity contribution in [2.24, 2.45) is 0 Å². The Bertz CT molecular complexity index is 74.6. The van der Waals surface area contributed by atoms with Crippen molar-refractivity contribution >= 4 is 0 Å². The summed E-state index contributed by atoms with van der Waals surface area (Å²) in [5.74, 6) is 0. The van der Waals surface area contributed by atoms with Crippen LogP contribution in [0.15, 0.2) is 0 Å². The van der Waals surface area contributed by atoms with Crippen molar-refractivity contribution in [2.75, 3.05) is 13.2 Å². The van der Waals surface area contributed by atoms with Crippen LogP contribution >= 0.6 is 0 Å². The van der Waals surface area contributed by atoms with Crippen molar-refractivity contribution in [2.45, 2.75) is 25.4 Å². The summed E-state index contributed by atoms with van der Waals surface area (Å²) in [5, 5.41) is 8.70. The van der Waals surface area contributed by atoms with Crippen LogP contribution < -0.4 is 0 Å². The van der Waals surface area contributed by atoms with Crippen LogP contribution in [0.2, 0.25) is 0 Å². The van der Waals surface area contributed by atoms with Crippen LogP contribution in [0.25, 0.3) is 0 Å². The van der Waals surface area contributed by atoms with Gasteiger partial charge in [-0.3, -0.25) is 0 Å². The minimum atomic E-state index is -0.208. The summed E-state index contributed by atoms with van der Waals surface area (Å²) >= 11 is 0. The van der Waals surface area contributed by atoms with Gasteiger partial charge in [-0.2, -0.15) is 0 Å². The SMILES string of the molecule is C[C@@]1(CO)CCCO1. The number of hydrogen-bond acceptors (Lipinski definition) is 2. The minimum Gasteiger partial charge on any atom is -0.393 e. The molecule has 1 rings (SSSR count). The van der Waals surface area contributed by atoms with Gasteiger partial charge in [-0.25, -0.2) is 0 Å². The van der Waals surface area contributed by atoms with E-state index < -0.39 is 0 Å². The Morgan fingerprint density at radius 2 is 2.50 bits per heavy atom. The maximum Gasteiger partial charge on any atom is 0.0885 e. The third-order valence-corrected chi connectivity index (χ3v) is 1.63. The van der Waals surface area contributed by atoms with Crippen molar-refractivity contribution in [1.29, 1.82) is 0 Å². The molecule has 1 atom stereocenters. The van der Waals surface area contributed by atoms with Gasteiger partial charge in [0.25, 0.3) is 0 Å². The van der Waals surface area contributed by atoms with Gasteiger partial charge in [0.05, 0.1) is 12.2 Å². The molecule has 0 aromatic heterocycles. The molecule has 2 nitrogen and oxygen atoms in total. The molecule has 8 heavy (non-hydrogen) atoms. The molecule has 1 N–H and O–H groups in total. The van der Waals surface area contributed by atoms with Crippen molar-refractivity contribution in [3.8, 4) is 0 Å². The van der Waals surface area contributed by atoms with E-state index in [1.165, 1.54) is 0 Å². The average molecular weight is 116 g/mol. The molecule has 0 spiro atoms. The van der Waals surface area contributed by atoms with E-state index >= 15 is 0 Å². The first-order valence-corrected chi connectivity index (χ1v) is 3.02. The van der Waals surface area contributed by atoms with Gasteiger partial charge in [-0.05, 0) is 19.8 Å². The van der Waals surface area contributed by atoms with E-state index in [9.17, 15) is 0 Å². The first-order valence-electron chi connectivity index (χ1n) is 3.02. The van der Waals surface area contributed by atoms with E-state index in [2.05, 4.69) is 0 Å². The van der Waals surface area contributed by atoms with Crippen LogP contribution in [0.1, 0.15) is 19.8 Å². The summed E-state index contributed by atoms with van der Waals surface area (Å²) in [6, 6.07) is 0. The number of ether oxygens (including phenoxy) is 1. The number of aliphatic hydroxyl groups is 1. The summed E-state index contributed by atoms with van der Waals surface area (Å²) in [7, 11) is 0. The molecule has 2 heteroatoms. The van der Waals surface area contributed by atoms with Gasteiger partial charge in [0.1, 0.15) is 0 Å². The molecule has 0 aromatic carbocycles. The van der Waals surface area contributed by atoms with E-state index in [0.29, 0.717) is 0 Å². The normalized spacial score (nSPS) is 38.2. The Balaban J connectivity index is 2.40. The zero-order valence-electron chi connectivity index (χ0n) is 5.18. The lowest BCUT2D eigenvalue weighted by atomic mass is 10.1. The van der Waals surface area contributed by atoms with Crippen LogP contribution in [-0.4, -0.2) is 23.9 Å². The Morgan fingerprint density at radius 1 is 1.75 bits per heavy atom. The monoisotopic (exact) mass is 116 g/mol. The molecular formula is C6H12O2. The molecule has 1 aliphatic rings. The molecule has 1 aliphatic heterocycles. The Hall–Kier alpha value is -0.0800. The van der Waals surface area contributed by atoms with Crippen molar-refractivity contribution in [1.82, 2.24) is 0 Å². The molecule has 0 saturated carbocycles. The summed E-state index contributed by atoms with van der Waals surface area (Å²) in [6.45, 7) is 2.92. The summed E-state index contributed by atoms with van der Waals surface area (Å²) in [5.41, 5.74) is -0.208. The van der Waals surface area contributed by atoms with Gasteiger partial charge < -0.3 is 9.84 Å². The zero-order valence-corrected chi connectivity index (χ0v) is 5.18. The van der Waals surface area contributed by atoms with Crippen molar-refractivity contribution in [3.63, 3.8) is 0 Å². The summed E-state index contributed by atoms with van der Waals surface area (Å²) in [6.07, 6.45) is 2.10. The number of aliphatic hydroxyl groups excluding tert-OH is 1. The number of rotatable bonds is 1. The second kappa shape index (κ2) is 2.03. The van der Waals surface area contributed by atoms with Gasteiger partial charge in [-0.15, -0.1) is 0 Å². The van der Waals surface area contributed by atoms with E-state index in [1.54, 1.807) is 0 Å². The third-order valence-electron chi connectivity index (χ3n) is 1.63. The Morgan fingerprint density at radius 3 is 2.75 bits per heavy atom. The van der Waals surface area contributed by atoms with E-state index in [-0.39, 0.29) is 12.2 Å². The lowest BCUT2D eigenvalue weighted by Gasteiger charge is -2.18. The predicted molar refractivity (Wildman–Crippen MR) is 30.7 cm³/mol. The Kier molecular flexibility index (Phi) is 1.54. The maximum atomic E-state index is 8.70. The maximum absolute atomic E-state index is 8.70. The first-order chi connectivity index (χ1) is 3.77. The smallest absolute Gasteiger partial charge is 0.0885 e. The fourth-order valence-electron chi connectivity index (χ4n) is 0.962. The average Bonchev–Trinajstić information content (AvgIpc) is 2.17. The van der Waals surface area contributed by atoms with Crippen LogP contribution in [0.4, 0.5) is 0 Å². The van der Waals surface area contributed by atoms with Gasteiger partial charge in [0, 0.05) is 6.61 Å². The summed E-state index contributed by atoms with van der Waals surface area (Å²) < 4.78 is 5.24. The van der Waals surface area contributed by atoms with Gasteiger partial charge in [0.15, 0.2) is 0 Å². The second-order valence-corrected chi connectivity index (χ2v) is 2.56. The van der Waals surface area contributed by atoms with Crippen LogP contribution in [0, 0.1) is 0 Å². The minimum absolute atomic E-state index is 0.160. The van der Waals surface area contributed by atoms with Gasteiger partial charge in [-0.1, -0.05) is 0 Å². The van der Waals surface area contributed by atoms with E-state index in [4.69, 9.17) is 9.84 Å². The topological polar surface area (TPSA) is 29.5 Å². The van der Waals surface area contributed by atoms with Crippen LogP contribution in [-0.2, 0) is 4.74 Å². The molecule has 1 saturated heterocycles. The van der Waals surface area contributed by atoms with Gasteiger partial charge in [0.2, 0.25) is 0 Å². The standard InChI is InChI=1S/C6H12O2/c1-6(5-7)3-2-4-8-6/h7H,2-5H2,1H3/t6-/m0/s1. The molecule has 0 amide bonds.